The predicted molar refractivity (Wildman–Crippen MR) is 107 cm³/mol. The molecule has 2 aromatic rings. The van der Waals surface area contributed by atoms with Gasteiger partial charge in [0.1, 0.15) is 0 Å². The first-order chi connectivity index (χ1) is 12.1. The molecule has 2 aliphatic heterocycles. The van der Waals surface area contributed by atoms with Crippen molar-refractivity contribution in [3.8, 4) is 0 Å². The fourth-order valence-electron chi connectivity index (χ4n) is 4.17. The summed E-state index contributed by atoms with van der Waals surface area (Å²) in [6.45, 7) is 6.63. The Morgan fingerprint density at radius 2 is 1.60 bits per heavy atom. The first kappa shape index (κ1) is 16.5. The van der Waals surface area contributed by atoms with Crippen LogP contribution >= 0.6 is 0 Å². The van der Waals surface area contributed by atoms with Crippen LogP contribution in [-0.2, 0) is 13.0 Å². The van der Waals surface area contributed by atoms with Crippen LogP contribution in [0.4, 0.5) is 11.4 Å². The second kappa shape index (κ2) is 6.72. The molecule has 25 heavy (non-hydrogen) atoms. The zero-order chi connectivity index (χ0) is 17.4. The van der Waals surface area contributed by atoms with E-state index in [0.717, 1.165) is 26.1 Å². The zero-order valence-corrected chi connectivity index (χ0v) is 15.7. The van der Waals surface area contributed by atoms with E-state index in [1.807, 2.05) is 0 Å². The topological polar surface area (TPSA) is 9.72 Å². The first-order valence-electron chi connectivity index (χ1n) is 9.45. The summed E-state index contributed by atoms with van der Waals surface area (Å²) in [6, 6.07) is 16.8. The number of anilines is 2. The lowest BCUT2D eigenvalue weighted by Gasteiger charge is -2.31. The van der Waals surface area contributed by atoms with Crippen LogP contribution in [0.5, 0.6) is 0 Å². The number of likely N-dealkylation sites (N-methyl/N-ethyl adjacent to an activating group) is 1. The van der Waals surface area contributed by atoms with Gasteiger partial charge in [0.25, 0.3) is 0 Å². The molecule has 2 aliphatic rings. The highest BCUT2D eigenvalue weighted by molar-refractivity contribution is 5.58. The Labute approximate surface area is 151 Å². The van der Waals surface area contributed by atoms with Crippen molar-refractivity contribution in [1.29, 1.82) is 0 Å². The lowest BCUT2D eigenvalue weighted by molar-refractivity contribution is 0.315. The van der Waals surface area contributed by atoms with Crippen molar-refractivity contribution in [3.63, 3.8) is 0 Å². The second-order valence-electron chi connectivity index (χ2n) is 7.81. The summed E-state index contributed by atoms with van der Waals surface area (Å²) in [7, 11) is 4.37. The van der Waals surface area contributed by atoms with E-state index < -0.39 is 0 Å². The molecule has 1 unspecified atom stereocenters. The Morgan fingerprint density at radius 1 is 0.880 bits per heavy atom. The highest BCUT2D eigenvalue weighted by Gasteiger charge is 2.24. The minimum Gasteiger partial charge on any atom is -0.370 e. The van der Waals surface area contributed by atoms with Gasteiger partial charge in [0, 0.05) is 43.6 Å². The molecule has 3 heteroatoms. The molecule has 0 radical (unpaired) electrons. The van der Waals surface area contributed by atoms with Crippen LogP contribution in [0, 0.1) is 6.92 Å². The minimum atomic E-state index is 0.682. The van der Waals surface area contributed by atoms with Crippen molar-refractivity contribution in [3.05, 3.63) is 59.2 Å². The predicted octanol–water partition coefficient (Wildman–Crippen LogP) is 3.70. The molecule has 0 amide bonds. The van der Waals surface area contributed by atoms with Gasteiger partial charge < -0.3 is 14.7 Å². The van der Waals surface area contributed by atoms with Crippen LogP contribution in [0.25, 0.3) is 0 Å². The molecule has 0 N–H and O–H groups in total. The molecule has 132 valence electrons. The van der Waals surface area contributed by atoms with Crippen LogP contribution in [0.1, 0.15) is 23.1 Å². The third-order valence-electron chi connectivity index (χ3n) is 5.85. The smallest absolute Gasteiger partial charge is 0.0432 e. The molecule has 0 aliphatic carbocycles. The van der Waals surface area contributed by atoms with Gasteiger partial charge in [-0.1, -0.05) is 23.8 Å². The number of nitrogens with zero attached hydrogens (tertiary/aromatic N) is 3. The molecule has 1 saturated heterocycles. The molecular weight excluding hydrogens is 306 g/mol. The van der Waals surface area contributed by atoms with Crippen LogP contribution < -0.4 is 9.80 Å². The summed E-state index contributed by atoms with van der Waals surface area (Å²) >= 11 is 0. The van der Waals surface area contributed by atoms with Gasteiger partial charge in [0.05, 0.1) is 0 Å². The van der Waals surface area contributed by atoms with Crippen molar-refractivity contribution >= 4 is 11.4 Å². The standard InChI is InChI=1S/C22H29N3/c1-17-4-5-19-15-24(12-10-18(19)14-17)20-6-8-21(9-7-20)25-13-11-22(16-25)23(2)3/h4-9,14,22H,10-13,15-16H2,1-3H3. The van der Waals surface area contributed by atoms with Crippen LogP contribution in [0.15, 0.2) is 42.5 Å². The SMILES string of the molecule is Cc1ccc2c(c1)CCN(c1ccc(N3CCC(N(C)C)C3)cc1)C2. The van der Waals surface area contributed by atoms with Crippen LogP contribution in [0.2, 0.25) is 0 Å². The summed E-state index contributed by atoms with van der Waals surface area (Å²) in [6.07, 6.45) is 2.41. The first-order valence-corrected chi connectivity index (χ1v) is 9.45. The average molecular weight is 335 g/mol. The van der Waals surface area contributed by atoms with Gasteiger partial charge in [0.15, 0.2) is 0 Å². The molecule has 0 aromatic heterocycles. The molecule has 1 atom stereocenters. The quantitative estimate of drug-likeness (QED) is 0.847. The fraction of sp³-hybridized carbons (Fsp3) is 0.455. The minimum absolute atomic E-state index is 0.682. The molecule has 3 nitrogen and oxygen atoms in total. The van der Waals surface area contributed by atoms with Gasteiger partial charge >= 0.3 is 0 Å². The van der Waals surface area contributed by atoms with E-state index >= 15 is 0 Å². The Balaban J connectivity index is 1.45. The van der Waals surface area contributed by atoms with Crippen molar-refractivity contribution in [2.24, 2.45) is 0 Å². The third kappa shape index (κ3) is 3.38. The molecule has 0 spiro atoms. The number of fused-ring (bicyclic) bond motifs is 1. The maximum absolute atomic E-state index is 2.52. The fourth-order valence-corrected chi connectivity index (χ4v) is 4.17. The maximum Gasteiger partial charge on any atom is 0.0432 e. The molecule has 0 bridgehead atoms. The van der Waals surface area contributed by atoms with E-state index in [1.54, 1.807) is 0 Å². The van der Waals surface area contributed by atoms with Gasteiger partial charge in [-0.15, -0.1) is 0 Å². The number of benzene rings is 2. The van der Waals surface area contributed by atoms with E-state index in [9.17, 15) is 0 Å². The van der Waals surface area contributed by atoms with Gasteiger partial charge in [-0.05, 0) is 69.3 Å². The highest BCUT2D eigenvalue weighted by Crippen LogP contribution is 2.28. The number of aryl methyl sites for hydroxylation is 1. The third-order valence-corrected chi connectivity index (χ3v) is 5.85. The zero-order valence-electron chi connectivity index (χ0n) is 15.7. The number of rotatable bonds is 3. The molecule has 2 aromatic carbocycles. The lowest BCUT2D eigenvalue weighted by Crippen LogP contribution is -2.31. The van der Waals surface area contributed by atoms with Crippen molar-refractivity contribution in [1.82, 2.24) is 4.90 Å². The molecule has 2 heterocycles. The molecule has 4 rings (SSSR count). The summed E-state index contributed by atoms with van der Waals surface area (Å²) in [5, 5.41) is 0. The van der Waals surface area contributed by atoms with Crippen molar-refractivity contribution in [2.75, 3.05) is 43.5 Å². The van der Waals surface area contributed by atoms with Gasteiger partial charge in [-0.3, -0.25) is 0 Å². The highest BCUT2D eigenvalue weighted by atomic mass is 15.2. The second-order valence-corrected chi connectivity index (χ2v) is 7.81. The van der Waals surface area contributed by atoms with E-state index in [4.69, 9.17) is 0 Å². The Bertz CT molecular complexity index is 735. The van der Waals surface area contributed by atoms with Crippen molar-refractivity contribution < 1.29 is 0 Å². The van der Waals surface area contributed by atoms with E-state index in [0.29, 0.717) is 6.04 Å². The summed E-state index contributed by atoms with van der Waals surface area (Å²) in [5.41, 5.74) is 7.09. The summed E-state index contributed by atoms with van der Waals surface area (Å²) < 4.78 is 0. The van der Waals surface area contributed by atoms with E-state index in [2.05, 4.69) is 78.2 Å². The molecular formula is C22H29N3. The van der Waals surface area contributed by atoms with Crippen LogP contribution in [0.3, 0.4) is 0 Å². The lowest BCUT2D eigenvalue weighted by atomic mass is 9.97. The maximum atomic E-state index is 2.52. The average Bonchev–Trinajstić information content (AvgIpc) is 3.12. The molecule has 1 fully saturated rings. The summed E-state index contributed by atoms with van der Waals surface area (Å²) in [4.78, 5) is 7.37. The van der Waals surface area contributed by atoms with E-state index in [-0.39, 0.29) is 0 Å². The van der Waals surface area contributed by atoms with Gasteiger partial charge in [0.2, 0.25) is 0 Å². The number of hydrogen-bond donors (Lipinski definition) is 0. The van der Waals surface area contributed by atoms with E-state index in [1.165, 1.54) is 41.0 Å². The normalized spacial score (nSPS) is 20.2. The van der Waals surface area contributed by atoms with Gasteiger partial charge in [-0.2, -0.15) is 0 Å². The molecule has 0 saturated carbocycles. The Hall–Kier alpha value is -2.00. The van der Waals surface area contributed by atoms with Gasteiger partial charge in [-0.25, -0.2) is 0 Å². The summed E-state index contributed by atoms with van der Waals surface area (Å²) in [5.74, 6) is 0. The van der Waals surface area contributed by atoms with Crippen molar-refractivity contribution in [2.45, 2.75) is 32.4 Å². The monoisotopic (exact) mass is 335 g/mol. The number of hydrogen-bond acceptors (Lipinski definition) is 3. The Morgan fingerprint density at radius 3 is 2.28 bits per heavy atom. The van der Waals surface area contributed by atoms with Crippen LogP contribution in [-0.4, -0.2) is 44.7 Å². The largest absolute Gasteiger partial charge is 0.370 e. The Kier molecular flexibility index (Phi) is 4.43.